The number of hydrogen-bond acceptors (Lipinski definition) is 4. The maximum atomic E-state index is 13.4. The summed E-state index contributed by atoms with van der Waals surface area (Å²) in [5.74, 6) is -1.70. The number of fused-ring (bicyclic) bond motifs is 1. The molecule has 0 bridgehead atoms. The number of pyridine rings is 1. The maximum Gasteiger partial charge on any atom is 0.340 e. The van der Waals surface area contributed by atoms with Crippen molar-refractivity contribution in [3.63, 3.8) is 0 Å². The van der Waals surface area contributed by atoms with Crippen LogP contribution >= 0.6 is 0 Å². The van der Waals surface area contributed by atoms with Crippen LogP contribution < -0.4 is 4.72 Å². The smallest absolute Gasteiger partial charge is 0.340 e. The highest BCUT2D eigenvalue weighted by Crippen LogP contribution is 2.34. The van der Waals surface area contributed by atoms with Crippen molar-refractivity contribution >= 4 is 27.2 Å². The highest BCUT2D eigenvalue weighted by Gasteiger charge is 2.23. The minimum Gasteiger partial charge on any atom is -0.478 e. The largest absolute Gasteiger partial charge is 0.478 e. The monoisotopic (exact) mass is 453 g/mol. The summed E-state index contributed by atoms with van der Waals surface area (Å²) in [4.78, 5) is 12.1. The van der Waals surface area contributed by atoms with Gasteiger partial charge in [-0.05, 0) is 42.3 Å². The molecule has 0 saturated carbocycles. The third-order valence-corrected chi connectivity index (χ3v) is 6.40. The van der Waals surface area contributed by atoms with Gasteiger partial charge >= 0.3 is 5.97 Å². The second-order valence-electron chi connectivity index (χ2n) is 7.25. The summed E-state index contributed by atoms with van der Waals surface area (Å²) in [5, 5.41) is 14.3. The average molecular weight is 453 g/mol. The third kappa shape index (κ3) is 4.19. The predicted octanol–water partition coefficient (Wildman–Crippen LogP) is 4.66. The Labute approximate surface area is 184 Å². The molecule has 0 radical (unpaired) electrons. The van der Waals surface area contributed by atoms with E-state index in [-0.39, 0.29) is 28.2 Å². The van der Waals surface area contributed by atoms with Gasteiger partial charge in [0.15, 0.2) is 0 Å². The molecule has 2 N–H and O–H groups in total. The number of benzene rings is 2. The number of anilines is 1. The summed E-state index contributed by atoms with van der Waals surface area (Å²) in [6, 6.07) is 16.0. The minimum absolute atomic E-state index is 0.0560. The molecule has 32 heavy (non-hydrogen) atoms. The summed E-state index contributed by atoms with van der Waals surface area (Å²) in [6.45, 7) is 1.77. The number of nitrogens with zero attached hydrogens (tertiary/aromatic N) is 2. The minimum atomic E-state index is -3.61. The molecule has 7 nitrogen and oxygen atoms in total. The van der Waals surface area contributed by atoms with Crippen LogP contribution in [0.2, 0.25) is 0 Å². The molecule has 0 spiro atoms. The molecule has 0 aliphatic carbocycles. The molecule has 9 heteroatoms. The molecule has 0 unspecified atom stereocenters. The van der Waals surface area contributed by atoms with Crippen molar-refractivity contribution < 1.29 is 22.7 Å². The lowest BCUT2D eigenvalue weighted by molar-refractivity contribution is 0.0700. The van der Waals surface area contributed by atoms with Gasteiger partial charge in [-0.25, -0.2) is 22.1 Å². The van der Waals surface area contributed by atoms with Crippen LogP contribution in [0, 0.1) is 5.82 Å². The Balaban J connectivity index is 1.99. The number of nitrogens with one attached hydrogen (secondary N) is 1. The van der Waals surface area contributed by atoms with E-state index < -0.39 is 21.8 Å². The number of carboxylic acid groups (broad SMARTS) is 1. The number of rotatable bonds is 7. The first-order chi connectivity index (χ1) is 15.3. The number of carbonyl (C=O) groups is 1. The van der Waals surface area contributed by atoms with Crippen LogP contribution in [-0.4, -0.2) is 34.9 Å². The lowest BCUT2D eigenvalue weighted by Gasteiger charge is -2.13. The van der Waals surface area contributed by atoms with Crippen LogP contribution in [-0.2, 0) is 10.0 Å². The van der Waals surface area contributed by atoms with E-state index in [2.05, 4.69) is 9.82 Å². The van der Waals surface area contributed by atoms with Gasteiger partial charge in [0.1, 0.15) is 17.1 Å². The molecular formula is C23H20FN3O4S. The second-order valence-corrected chi connectivity index (χ2v) is 9.10. The van der Waals surface area contributed by atoms with Gasteiger partial charge in [-0.15, -0.1) is 0 Å². The standard InChI is InChI=1S/C23H20FN3O4S/c1-2-12-32(30,31)26-19-14-27-20(13-18(19)15-6-4-3-5-7-15)21(23(28)29)22(25-27)16-8-10-17(24)11-9-16/h3-11,13-14,26H,2,12H2,1H3,(H,28,29). The summed E-state index contributed by atoms with van der Waals surface area (Å²) in [5.41, 5.74) is 2.33. The van der Waals surface area contributed by atoms with E-state index in [9.17, 15) is 22.7 Å². The Morgan fingerprint density at radius 2 is 1.78 bits per heavy atom. The van der Waals surface area contributed by atoms with E-state index in [0.717, 1.165) is 0 Å². The third-order valence-electron chi connectivity index (χ3n) is 4.92. The van der Waals surface area contributed by atoms with E-state index in [4.69, 9.17) is 0 Å². The Morgan fingerprint density at radius 3 is 2.41 bits per heavy atom. The van der Waals surface area contributed by atoms with Crippen molar-refractivity contribution in [2.75, 3.05) is 10.5 Å². The van der Waals surface area contributed by atoms with Crippen LogP contribution in [0.1, 0.15) is 23.7 Å². The van der Waals surface area contributed by atoms with Crippen molar-refractivity contribution in [3.05, 3.63) is 78.2 Å². The van der Waals surface area contributed by atoms with Crippen LogP contribution in [0.5, 0.6) is 0 Å². The zero-order chi connectivity index (χ0) is 22.9. The van der Waals surface area contributed by atoms with Gasteiger partial charge in [-0.3, -0.25) is 4.72 Å². The van der Waals surface area contributed by atoms with Crippen LogP contribution in [0.15, 0.2) is 66.9 Å². The molecule has 0 aliphatic heterocycles. The van der Waals surface area contributed by atoms with Gasteiger partial charge in [-0.2, -0.15) is 5.10 Å². The van der Waals surface area contributed by atoms with Gasteiger partial charge in [0, 0.05) is 11.1 Å². The molecule has 2 aromatic heterocycles. The summed E-state index contributed by atoms with van der Waals surface area (Å²) in [7, 11) is -3.61. The van der Waals surface area contributed by atoms with Gasteiger partial charge in [-0.1, -0.05) is 37.3 Å². The first kappa shape index (κ1) is 21.5. The molecule has 0 fully saturated rings. The zero-order valence-corrected chi connectivity index (χ0v) is 17.9. The molecule has 0 atom stereocenters. The topological polar surface area (TPSA) is 101 Å². The summed E-state index contributed by atoms with van der Waals surface area (Å²) < 4.78 is 42.3. The van der Waals surface area contributed by atoms with Gasteiger partial charge < -0.3 is 5.11 Å². The first-order valence-corrected chi connectivity index (χ1v) is 11.6. The molecular weight excluding hydrogens is 433 g/mol. The number of aromatic nitrogens is 2. The first-order valence-electron chi connectivity index (χ1n) is 9.90. The number of aromatic carboxylic acids is 1. The molecule has 0 saturated heterocycles. The Hall–Kier alpha value is -3.72. The van der Waals surface area contributed by atoms with E-state index >= 15 is 0 Å². The fourth-order valence-electron chi connectivity index (χ4n) is 3.54. The summed E-state index contributed by atoms with van der Waals surface area (Å²) in [6.07, 6.45) is 1.90. The number of hydrogen-bond donors (Lipinski definition) is 2. The van der Waals surface area contributed by atoms with Gasteiger partial charge in [0.05, 0.1) is 23.2 Å². The highest BCUT2D eigenvalue weighted by molar-refractivity contribution is 7.92. The molecule has 0 aliphatic rings. The molecule has 2 heterocycles. The Morgan fingerprint density at radius 1 is 1.09 bits per heavy atom. The number of sulfonamides is 1. The quantitative estimate of drug-likeness (QED) is 0.424. The maximum absolute atomic E-state index is 13.4. The normalized spacial score (nSPS) is 11.6. The van der Waals surface area contributed by atoms with Crippen molar-refractivity contribution in [2.24, 2.45) is 0 Å². The zero-order valence-electron chi connectivity index (χ0n) is 17.1. The SMILES string of the molecule is CCCS(=O)(=O)Nc1cn2nc(-c3ccc(F)cc3)c(C(=O)O)c2cc1-c1ccccc1. The van der Waals surface area contributed by atoms with Crippen molar-refractivity contribution in [2.45, 2.75) is 13.3 Å². The van der Waals surface area contributed by atoms with Crippen LogP contribution in [0.25, 0.3) is 27.9 Å². The highest BCUT2D eigenvalue weighted by atomic mass is 32.2. The van der Waals surface area contributed by atoms with Crippen molar-refractivity contribution in [1.82, 2.24) is 9.61 Å². The van der Waals surface area contributed by atoms with Gasteiger partial charge in [0.2, 0.25) is 10.0 Å². The fourth-order valence-corrected chi connectivity index (χ4v) is 4.67. The predicted molar refractivity (Wildman–Crippen MR) is 121 cm³/mol. The molecule has 4 aromatic rings. The van der Waals surface area contributed by atoms with E-state index in [1.165, 1.54) is 35.0 Å². The van der Waals surface area contributed by atoms with E-state index in [1.54, 1.807) is 25.1 Å². The van der Waals surface area contributed by atoms with E-state index in [0.29, 0.717) is 23.1 Å². The van der Waals surface area contributed by atoms with Crippen LogP contribution in [0.3, 0.4) is 0 Å². The Bertz CT molecular complexity index is 1400. The Kier molecular flexibility index (Phi) is 5.67. The lowest BCUT2D eigenvalue weighted by atomic mass is 10.0. The van der Waals surface area contributed by atoms with Crippen molar-refractivity contribution in [1.29, 1.82) is 0 Å². The molecule has 0 amide bonds. The summed E-state index contributed by atoms with van der Waals surface area (Å²) >= 11 is 0. The average Bonchev–Trinajstić information content (AvgIpc) is 3.12. The number of halogens is 1. The molecule has 164 valence electrons. The molecule has 4 rings (SSSR count). The van der Waals surface area contributed by atoms with E-state index in [1.807, 2.05) is 18.2 Å². The van der Waals surface area contributed by atoms with Gasteiger partial charge in [0.25, 0.3) is 0 Å². The van der Waals surface area contributed by atoms with Crippen molar-refractivity contribution in [3.8, 4) is 22.4 Å². The second kappa shape index (κ2) is 8.43. The molecule has 2 aromatic carbocycles. The number of carboxylic acids is 1. The van der Waals surface area contributed by atoms with Crippen LogP contribution in [0.4, 0.5) is 10.1 Å². The lowest BCUT2D eigenvalue weighted by Crippen LogP contribution is -2.17. The fraction of sp³-hybridized carbons (Fsp3) is 0.130.